The van der Waals surface area contributed by atoms with E-state index in [0.717, 1.165) is 37.5 Å². The van der Waals surface area contributed by atoms with Crippen molar-refractivity contribution in [1.29, 1.82) is 0 Å². The first kappa shape index (κ1) is 17.0. The maximum atomic E-state index is 11.9. The normalized spacial score (nSPS) is 57.0. The number of hydrogen-bond acceptors (Lipinski definition) is 3. The molecule has 4 aliphatic carbocycles. The van der Waals surface area contributed by atoms with Gasteiger partial charge in [-0.15, -0.1) is 0 Å². The molecule has 4 fully saturated rings. The molecular formula is C21H34O3. The van der Waals surface area contributed by atoms with Gasteiger partial charge in [-0.2, -0.15) is 0 Å². The Morgan fingerprint density at radius 1 is 0.917 bits per heavy atom. The Morgan fingerprint density at radius 3 is 2.33 bits per heavy atom. The van der Waals surface area contributed by atoms with Crippen LogP contribution in [0.4, 0.5) is 0 Å². The summed E-state index contributed by atoms with van der Waals surface area (Å²) in [5.74, 6) is 2.58. The molecule has 3 unspecified atom stereocenters. The van der Waals surface area contributed by atoms with Gasteiger partial charge in [0.2, 0.25) is 0 Å². The minimum Gasteiger partial charge on any atom is -0.393 e. The molecule has 0 aromatic heterocycles. The van der Waals surface area contributed by atoms with Gasteiger partial charge in [-0.25, -0.2) is 0 Å². The molecule has 2 N–H and O–H groups in total. The predicted molar refractivity (Wildman–Crippen MR) is 93.4 cm³/mol. The van der Waals surface area contributed by atoms with Crippen molar-refractivity contribution in [2.24, 2.45) is 34.5 Å². The summed E-state index contributed by atoms with van der Waals surface area (Å²) in [7, 11) is 0. The second-order valence-corrected chi connectivity index (χ2v) is 10.1. The molecule has 24 heavy (non-hydrogen) atoms. The average Bonchev–Trinajstić information content (AvgIpc) is 2.84. The van der Waals surface area contributed by atoms with Crippen molar-refractivity contribution in [3.05, 3.63) is 0 Å². The van der Waals surface area contributed by atoms with Crippen LogP contribution in [0.15, 0.2) is 0 Å². The van der Waals surface area contributed by atoms with E-state index >= 15 is 0 Å². The monoisotopic (exact) mass is 334 g/mol. The van der Waals surface area contributed by atoms with E-state index in [9.17, 15) is 15.0 Å². The van der Waals surface area contributed by atoms with Crippen molar-refractivity contribution in [1.82, 2.24) is 0 Å². The van der Waals surface area contributed by atoms with Crippen molar-refractivity contribution < 1.29 is 15.0 Å². The van der Waals surface area contributed by atoms with E-state index in [-0.39, 0.29) is 22.7 Å². The van der Waals surface area contributed by atoms with Crippen LogP contribution in [0.5, 0.6) is 0 Å². The highest BCUT2D eigenvalue weighted by Gasteiger charge is 2.61. The van der Waals surface area contributed by atoms with Crippen LogP contribution in [0.25, 0.3) is 0 Å². The highest BCUT2D eigenvalue weighted by molar-refractivity contribution is 5.84. The van der Waals surface area contributed by atoms with Crippen molar-refractivity contribution in [2.75, 3.05) is 0 Å². The van der Waals surface area contributed by atoms with E-state index in [0.29, 0.717) is 24.7 Å². The summed E-state index contributed by atoms with van der Waals surface area (Å²) in [4.78, 5) is 11.9. The van der Waals surface area contributed by atoms with Crippen LogP contribution < -0.4 is 0 Å². The number of aliphatic hydroxyl groups excluding tert-OH is 1. The minimum absolute atomic E-state index is 0.0400. The summed E-state index contributed by atoms with van der Waals surface area (Å²) >= 11 is 0. The molecular weight excluding hydrogens is 300 g/mol. The van der Waals surface area contributed by atoms with E-state index in [1.165, 1.54) is 19.3 Å². The SMILES string of the molecule is CC(=O)[C@]1(O)CC[C@]2(C)C3CC[C@@]4(C)C(CC[C@@H]4O)C3CC[C@H]2C1. The number of hydrogen-bond donors (Lipinski definition) is 2. The molecule has 0 amide bonds. The maximum Gasteiger partial charge on any atom is 0.161 e. The zero-order valence-corrected chi connectivity index (χ0v) is 15.6. The largest absolute Gasteiger partial charge is 0.393 e. The molecule has 0 radical (unpaired) electrons. The van der Waals surface area contributed by atoms with Gasteiger partial charge in [-0.05, 0) is 99.2 Å². The summed E-state index contributed by atoms with van der Waals surface area (Å²) in [5.41, 5.74) is -0.650. The van der Waals surface area contributed by atoms with Gasteiger partial charge in [0, 0.05) is 0 Å². The zero-order valence-electron chi connectivity index (χ0n) is 15.6. The fourth-order valence-electron chi connectivity index (χ4n) is 7.54. The summed E-state index contributed by atoms with van der Waals surface area (Å²) in [6, 6.07) is 0. The lowest BCUT2D eigenvalue weighted by molar-refractivity contribution is -0.166. The van der Waals surface area contributed by atoms with Gasteiger partial charge >= 0.3 is 0 Å². The third-order valence-corrected chi connectivity index (χ3v) is 9.33. The van der Waals surface area contributed by atoms with Crippen LogP contribution in [0.1, 0.15) is 78.6 Å². The summed E-state index contributed by atoms with van der Waals surface area (Å²) in [6.45, 7) is 6.33. The molecule has 0 heterocycles. The topological polar surface area (TPSA) is 57.5 Å². The molecule has 0 spiro atoms. The van der Waals surface area contributed by atoms with E-state index in [1.807, 2.05) is 0 Å². The molecule has 0 saturated heterocycles. The van der Waals surface area contributed by atoms with E-state index in [1.54, 1.807) is 6.92 Å². The van der Waals surface area contributed by atoms with Gasteiger partial charge in [-0.3, -0.25) is 4.79 Å². The Hall–Kier alpha value is -0.410. The summed E-state index contributed by atoms with van der Waals surface area (Å²) in [6.07, 6.45) is 9.12. The zero-order chi connectivity index (χ0) is 17.3. The van der Waals surface area contributed by atoms with Crippen molar-refractivity contribution in [2.45, 2.75) is 90.3 Å². The molecule has 0 aliphatic heterocycles. The van der Waals surface area contributed by atoms with Gasteiger partial charge in [0.15, 0.2) is 5.78 Å². The number of ketones is 1. The standard InChI is InChI=1S/C21H34O3/c1-13(22)21(24)11-10-19(2)14(12-21)4-5-15-16-6-7-18(23)20(16,3)9-8-17(15)19/h14-18,23-24H,4-12H2,1-3H3/t14-,15?,16?,17?,18-,19-,20-,21-/m0/s1. The van der Waals surface area contributed by atoms with Crippen LogP contribution in [0, 0.1) is 34.5 Å². The van der Waals surface area contributed by atoms with Crippen molar-refractivity contribution in [3.63, 3.8) is 0 Å². The fraction of sp³-hybridized carbons (Fsp3) is 0.952. The number of aliphatic hydroxyl groups is 2. The molecule has 0 aromatic rings. The smallest absolute Gasteiger partial charge is 0.161 e. The van der Waals surface area contributed by atoms with E-state index < -0.39 is 5.60 Å². The number of rotatable bonds is 1. The van der Waals surface area contributed by atoms with Gasteiger partial charge in [0.1, 0.15) is 5.60 Å². The molecule has 0 bridgehead atoms. The van der Waals surface area contributed by atoms with Gasteiger partial charge in [0.05, 0.1) is 6.10 Å². The molecule has 4 aliphatic rings. The maximum absolute atomic E-state index is 11.9. The number of Topliss-reactive ketones (excluding diaryl/α,β-unsaturated/α-hetero) is 1. The van der Waals surface area contributed by atoms with E-state index in [4.69, 9.17) is 0 Å². The molecule has 3 heteroatoms. The molecule has 0 aromatic carbocycles. The highest BCUT2D eigenvalue weighted by atomic mass is 16.3. The number of fused-ring (bicyclic) bond motifs is 5. The Bertz CT molecular complexity index is 545. The Kier molecular flexibility index (Phi) is 3.76. The molecule has 4 saturated carbocycles. The van der Waals surface area contributed by atoms with Gasteiger partial charge in [-0.1, -0.05) is 13.8 Å². The van der Waals surface area contributed by atoms with Crippen molar-refractivity contribution in [3.8, 4) is 0 Å². The van der Waals surface area contributed by atoms with E-state index in [2.05, 4.69) is 13.8 Å². The molecule has 4 rings (SSSR count). The highest BCUT2D eigenvalue weighted by Crippen LogP contribution is 2.66. The molecule has 8 atom stereocenters. The first-order chi connectivity index (χ1) is 11.2. The third-order valence-electron chi connectivity index (χ3n) is 9.33. The van der Waals surface area contributed by atoms with Gasteiger partial charge < -0.3 is 10.2 Å². The lowest BCUT2D eigenvalue weighted by atomic mass is 9.44. The number of carbonyl (C=O) groups is 1. The fourth-order valence-corrected chi connectivity index (χ4v) is 7.54. The van der Waals surface area contributed by atoms with Crippen LogP contribution in [0.3, 0.4) is 0 Å². The third kappa shape index (κ3) is 2.13. The lowest BCUT2D eigenvalue weighted by Crippen LogP contribution is -2.57. The Morgan fingerprint density at radius 2 is 1.62 bits per heavy atom. The predicted octanol–water partition coefficient (Wildman–Crippen LogP) is 3.71. The summed E-state index contributed by atoms with van der Waals surface area (Å²) in [5, 5.41) is 21.3. The molecule has 3 nitrogen and oxygen atoms in total. The number of carbonyl (C=O) groups excluding carboxylic acids is 1. The minimum atomic E-state index is -1.07. The van der Waals surface area contributed by atoms with Crippen molar-refractivity contribution >= 4 is 5.78 Å². The Labute approximate surface area is 146 Å². The Balaban J connectivity index is 1.60. The van der Waals surface area contributed by atoms with Crippen LogP contribution in [0.2, 0.25) is 0 Å². The van der Waals surface area contributed by atoms with Gasteiger partial charge in [0.25, 0.3) is 0 Å². The van der Waals surface area contributed by atoms with Crippen LogP contribution in [-0.2, 0) is 4.79 Å². The molecule has 136 valence electrons. The van der Waals surface area contributed by atoms with Crippen LogP contribution >= 0.6 is 0 Å². The second kappa shape index (κ2) is 5.30. The van der Waals surface area contributed by atoms with Crippen LogP contribution in [-0.4, -0.2) is 27.7 Å². The first-order valence-electron chi connectivity index (χ1n) is 10.1. The summed E-state index contributed by atoms with van der Waals surface area (Å²) < 4.78 is 0. The second-order valence-electron chi connectivity index (χ2n) is 10.1. The average molecular weight is 335 g/mol. The first-order valence-corrected chi connectivity index (χ1v) is 10.1. The lowest BCUT2D eigenvalue weighted by Gasteiger charge is -2.61. The quantitative estimate of drug-likeness (QED) is 0.768.